The van der Waals surface area contributed by atoms with E-state index in [-0.39, 0.29) is 5.92 Å². The molecule has 0 fully saturated rings. The Labute approximate surface area is 131 Å². The van der Waals surface area contributed by atoms with Gasteiger partial charge in [0, 0.05) is 11.1 Å². The first kappa shape index (κ1) is 14.3. The fourth-order valence-electron chi connectivity index (χ4n) is 2.44. The molecule has 1 aliphatic rings. The Morgan fingerprint density at radius 3 is 1.82 bits per heavy atom. The molecule has 1 heterocycles. The van der Waals surface area contributed by atoms with Crippen LogP contribution in [0.3, 0.4) is 0 Å². The van der Waals surface area contributed by atoms with E-state index in [0.717, 1.165) is 22.6 Å². The van der Waals surface area contributed by atoms with Gasteiger partial charge in [-0.3, -0.25) is 0 Å². The Balaban J connectivity index is 1.94. The molecule has 1 aliphatic heterocycles. The minimum absolute atomic E-state index is 0.208. The largest absolute Gasteiger partial charge is 0.459 e. The second-order valence-electron chi connectivity index (χ2n) is 5.11. The molecule has 2 heteroatoms. The normalized spacial score (nSPS) is 15.3. The molecular weight excluding hydrogens is 272 g/mol. The van der Waals surface area contributed by atoms with E-state index >= 15 is 0 Å². The van der Waals surface area contributed by atoms with E-state index in [0.29, 0.717) is 6.42 Å². The third-order valence-electron chi connectivity index (χ3n) is 3.53. The number of rotatable bonds is 4. The lowest BCUT2D eigenvalue weighted by atomic mass is 9.98. The Bertz CT molecular complexity index is 642. The monoisotopic (exact) mass is 290 g/mol. The molecule has 0 aliphatic carbocycles. The summed E-state index contributed by atoms with van der Waals surface area (Å²) >= 11 is 0. The van der Waals surface area contributed by atoms with E-state index in [9.17, 15) is 0 Å². The molecule has 0 radical (unpaired) electrons. The average molecular weight is 290 g/mol. The molecule has 0 N–H and O–H groups in total. The van der Waals surface area contributed by atoms with Crippen LogP contribution in [0.25, 0.3) is 11.5 Å². The van der Waals surface area contributed by atoms with Gasteiger partial charge in [0.15, 0.2) is 0 Å². The molecule has 0 saturated heterocycles. The molecule has 3 rings (SSSR count). The van der Waals surface area contributed by atoms with E-state index in [1.54, 1.807) is 7.11 Å². The van der Waals surface area contributed by atoms with Crippen molar-refractivity contribution in [3.63, 3.8) is 0 Å². The van der Waals surface area contributed by atoms with Gasteiger partial charge in [-0.05, 0) is 24.4 Å². The molecule has 2 aromatic carbocycles. The third kappa shape index (κ3) is 3.34. The predicted molar refractivity (Wildman–Crippen MR) is 89.6 cm³/mol. The van der Waals surface area contributed by atoms with Crippen molar-refractivity contribution in [3.05, 3.63) is 83.9 Å². The van der Waals surface area contributed by atoms with Crippen LogP contribution in [-0.2, 0) is 9.16 Å². The van der Waals surface area contributed by atoms with Crippen molar-refractivity contribution in [2.24, 2.45) is 5.92 Å². The molecular formula is C20H18O2. The van der Waals surface area contributed by atoms with Crippen LogP contribution in [0.15, 0.2) is 72.8 Å². The number of carbonyl (C=O) groups excluding carboxylic acids is 1. The molecule has 2 aromatic rings. The zero-order valence-electron chi connectivity index (χ0n) is 12.5. The van der Waals surface area contributed by atoms with Crippen LogP contribution in [0.4, 0.5) is 0 Å². The zero-order chi connectivity index (χ0) is 15.2. The van der Waals surface area contributed by atoms with E-state index < -0.39 is 0 Å². The number of ether oxygens (including phenoxy) is 1. The van der Waals surface area contributed by atoms with Gasteiger partial charge in [-0.1, -0.05) is 67.1 Å². The maximum absolute atomic E-state index is 6.12. The van der Waals surface area contributed by atoms with Crippen molar-refractivity contribution in [1.29, 1.82) is 0 Å². The van der Waals surface area contributed by atoms with Gasteiger partial charge in [0.05, 0.1) is 0 Å². The summed E-state index contributed by atoms with van der Waals surface area (Å²) in [6.07, 6.45) is 7.86. The van der Waals surface area contributed by atoms with E-state index in [1.807, 2.05) is 36.4 Å². The zero-order valence-corrected chi connectivity index (χ0v) is 12.5. The first-order valence-corrected chi connectivity index (χ1v) is 7.35. The smallest absolute Gasteiger partial charge is 0.208 e. The van der Waals surface area contributed by atoms with Crippen LogP contribution in [0.5, 0.6) is 0 Å². The summed E-state index contributed by atoms with van der Waals surface area (Å²) in [5, 5.41) is 0. The molecule has 2 nitrogen and oxygen atoms in total. The topological polar surface area (TPSA) is 20.5 Å². The summed E-state index contributed by atoms with van der Waals surface area (Å²) < 4.78 is 11.1. The minimum atomic E-state index is 0.208. The van der Waals surface area contributed by atoms with Crippen molar-refractivity contribution >= 4 is 17.8 Å². The summed E-state index contributed by atoms with van der Waals surface area (Å²) in [4.78, 5) is 0. The highest BCUT2D eigenvalue weighted by atomic mass is 16.5. The first-order chi connectivity index (χ1) is 10.9. The van der Waals surface area contributed by atoms with Crippen LogP contribution >= 0.6 is 0 Å². The van der Waals surface area contributed by atoms with Gasteiger partial charge in [0.1, 0.15) is 11.5 Å². The fraction of sp³-hybridized carbons (Fsp3) is 0.150. The second-order valence-corrected chi connectivity index (χ2v) is 5.11. The van der Waals surface area contributed by atoms with E-state index in [4.69, 9.17) is 9.16 Å². The number of benzene rings is 2. The Kier molecular flexibility index (Phi) is 4.50. The average Bonchev–Trinajstić information content (AvgIpc) is 2.61. The predicted octanol–water partition coefficient (Wildman–Crippen LogP) is 4.38. The van der Waals surface area contributed by atoms with Crippen molar-refractivity contribution < 1.29 is 9.16 Å². The van der Waals surface area contributed by atoms with Crippen LogP contribution in [-0.4, -0.2) is 13.4 Å². The first-order valence-electron chi connectivity index (χ1n) is 7.35. The molecule has 0 spiro atoms. The lowest BCUT2D eigenvalue weighted by molar-refractivity contribution is 0.180. The van der Waals surface area contributed by atoms with Gasteiger partial charge in [0.25, 0.3) is 0 Å². The quantitative estimate of drug-likeness (QED) is 0.604. The van der Waals surface area contributed by atoms with Crippen LogP contribution in [0, 0.1) is 5.92 Å². The van der Waals surface area contributed by atoms with Crippen LogP contribution in [0.2, 0.25) is 0 Å². The highest BCUT2D eigenvalue weighted by molar-refractivity contribution is 5.73. The van der Waals surface area contributed by atoms with Gasteiger partial charge in [-0.15, -0.1) is 0 Å². The van der Waals surface area contributed by atoms with Crippen LogP contribution in [0.1, 0.15) is 17.5 Å². The van der Waals surface area contributed by atoms with Gasteiger partial charge in [-0.2, -0.15) is 0 Å². The molecule has 22 heavy (non-hydrogen) atoms. The lowest BCUT2D eigenvalue weighted by Crippen LogP contribution is -2.06. The number of hydrogen-bond donors (Lipinski definition) is 0. The number of allylic oxidation sites excluding steroid dienone is 2. The van der Waals surface area contributed by atoms with Crippen molar-refractivity contribution in [2.75, 3.05) is 7.11 Å². The summed E-state index contributed by atoms with van der Waals surface area (Å²) in [5.41, 5.74) is 2.15. The third-order valence-corrected chi connectivity index (χ3v) is 3.53. The van der Waals surface area contributed by atoms with Crippen LogP contribution < -0.4 is 0 Å². The fourth-order valence-corrected chi connectivity index (χ4v) is 2.44. The highest BCUT2D eigenvalue weighted by Crippen LogP contribution is 2.32. The molecule has 0 atom stereocenters. The van der Waals surface area contributed by atoms with Gasteiger partial charge in [0.2, 0.25) is 7.11 Å². The maximum atomic E-state index is 6.12. The van der Waals surface area contributed by atoms with Gasteiger partial charge in [-0.25, -0.2) is 0 Å². The minimum Gasteiger partial charge on any atom is -0.459 e. The standard InChI is InChI=1S/C20H18O2/c1-21-13-12-16-14-19(17-8-4-2-5-9-17)22-20(15-16)18-10-6-3-7-11-18/h2-11,14-16H,12H2,1H3. The molecule has 0 unspecified atom stereocenters. The lowest BCUT2D eigenvalue weighted by Gasteiger charge is -2.22. The van der Waals surface area contributed by atoms with E-state index in [2.05, 4.69) is 42.7 Å². The molecule has 0 aromatic heterocycles. The SMILES string of the molecule is C[O+]=[C-]CC1C=C(c2ccccc2)OC(c2ccccc2)=C1. The van der Waals surface area contributed by atoms with Crippen molar-refractivity contribution in [2.45, 2.75) is 6.42 Å². The van der Waals surface area contributed by atoms with E-state index in [1.165, 1.54) is 0 Å². The number of hydrogen-bond acceptors (Lipinski definition) is 1. The summed E-state index contributed by atoms with van der Waals surface area (Å²) in [6, 6.07) is 20.3. The summed E-state index contributed by atoms with van der Waals surface area (Å²) in [6.45, 7) is 0. The molecule has 0 bridgehead atoms. The van der Waals surface area contributed by atoms with Gasteiger partial charge < -0.3 is 9.16 Å². The highest BCUT2D eigenvalue weighted by Gasteiger charge is 2.16. The molecule has 0 amide bonds. The van der Waals surface area contributed by atoms with Crippen molar-refractivity contribution in [1.82, 2.24) is 0 Å². The molecule has 110 valence electrons. The summed E-state index contributed by atoms with van der Waals surface area (Å²) in [7, 11) is 1.63. The maximum Gasteiger partial charge on any atom is 0.208 e. The Morgan fingerprint density at radius 1 is 0.864 bits per heavy atom. The Hall–Kier alpha value is -2.61. The Morgan fingerprint density at radius 2 is 1.36 bits per heavy atom. The van der Waals surface area contributed by atoms with Gasteiger partial charge >= 0.3 is 0 Å². The molecule has 0 saturated carbocycles. The van der Waals surface area contributed by atoms with Crippen molar-refractivity contribution in [3.8, 4) is 0 Å². The summed E-state index contributed by atoms with van der Waals surface area (Å²) in [5.74, 6) is 1.97. The second kappa shape index (κ2) is 6.90.